The van der Waals surface area contributed by atoms with Crippen molar-refractivity contribution in [2.45, 2.75) is 32.1 Å². The van der Waals surface area contributed by atoms with Crippen LogP contribution in [0.5, 0.6) is 11.5 Å². The highest BCUT2D eigenvalue weighted by atomic mass is 19.4. The van der Waals surface area contributed by atoms with Crippen molar-refractivity contribution in [3.63, 3.8) is 0 Å². The van der Waals surface area contributed by atoms with Crippen LogP contribution in [0.1, 0.15) is 25.0 Å². The molecule has 1 aliphatic heterocycles. The molecular weight excluding hydrogens is 420 g/mol. The largest absolute Gasteiger partial charge is 0.457 e. The number of ether oxygens (including phenoxy) is 1. The molecule has 1 fully saturated rings. The van der Waals surface area contributed by atoms with Gasteiger partial charge in [-0.1, -0.05) is 36.4 Å². The van der Waals surface area contributed by atoms with Gasteiger partial charge in [0, 0.05) is 29.9 Å². The predicted octanol–water partition coefficient (Wildman–Crippen LogP) is 6.70. The number of halogens is 4. The standard InChI is InChI=1S/C25H24F4N2O/c1-24(2)16-30(19-12-13-22(26)21(14-19)25(27,28)29)17-31(24)15-18-8-6-7-11-23(18)32-20-9-4-3-5-10-20/h3-14H,15-17H2,1-2H3. The normalized spacial score (nSPS) is 16.4. The molecule has 7 heteroatoms. The minimum atomic E-state index is -4.73. The topological polar surface area (TPSA) is 15.7 Å². The number of benzene rings is 3. The zero-order valence-corrected chi connectivity index (χ0v) is 17.9. The minimum Gasteiger partial charge on any atom is -0.457 e. The highest BCUT2D eigenvalue weighted by molar-refractivity contribution is 5.51. The maximum Gasteiger partial charge on any atom is 0.419 e. The van der Waals surface area contributed by atoms with E-state index in [2.05, 4.69) is 4.90 Å². The first-order valence-corrected chi connectivity index (χ1v) is 10.3. The summed E-state index contributed by atoms with van der Waals surface area (Å²) in [6.45, 7) is 5.57. The molecular formula is C25H24F4N2O. The van der Waals surface area contributed by atoms with E-state index >= 15 is 0 Å². The molecule has 0 aliphatic carbocycles. The molecule has 0 radical (unpaired) electrons. The third kappa shape index (κ3) is 4.72. The molecule has 32 heavy (non-hydrogen) atoms. The fourth-order valence-electron chi connectivity index (χ4n) is 3.93. The third-order valence-electron chi connectivity index (χ3n) is 5.70. The van der Waals surface area contributed by atoms with Crippen LogP contribution < -0.4 is 9.64 Å². The molecule has 3 aromatic carbocycles. The second-order valence-corrected chi connectivity index (χ2v) is 8.53. The predicted molar refractivity (Wildman–Crippen MR) is 116 cm³/mol. The lowest BCUT2D eigenvalue weighted by atomic mass is 10.0. The van der Waals surface area contributed by atoms with Crippen LogP contribution >= 0.6 is 0 Å². The van der Waals surface area contributed by atoms with Gasteiger partial charge in [0.05, 0.1) is 12.2 Å². The summed E-state index contributed by atoms with van der Waals surface area (Å²) in [4.78, 5) is 4.02. The lowest BCUT2D eigenvalue weighted by molar-refractivity contribution is -0.139. The summed E-state index contributed by atoms with van der Waals surface area (Å²) >= 11 is 0. The average Bonchev–Trinajstić information content (AvgIpc) is 3.04. The number of hydrogen-bond acceptors (Lipinski definition) is 3. The Bertz CT molecular complexity index is 1080. The van der Waals surface area contributed by atoms with Crippen molar-refractivity contribution in [2.24, 2.45) is 0 Å². The molecule has 3 nitrogen and oxygen atoms in total. The molecule has 0 N–H and O–H groups in total. The quantitative estimate of drug-likeness (QED) is 0.408. The lowest BCUT2D eigenvalue weighted by Gasteiger charge is -2.30. The van der Waals surface area contributed by atoms with Crippen LogP contribution in [0, 0.1) is 5.82 Å². The van der Waals surface area contributed by atoms with E-state index in [0.29, 0.717) is 25.4 Å². The van der Waals surface area contributed by atoms with Crippen LogP contribution in [0.25, 0.3) is 0 Å². The van der Waals surface area contributed by atoms with Gasteiger partial charge in [-0.05, 0) is 50.2 Å². The van der Waals surface area contributed by atoms with Gasteiger partial charge in [-0.3, -0.25) is 4.90 Å². The molecule has 1 heterocycles. The Hall–Kier alpha value is -3.06. The van der Waals surface area contributed by atoms with Crippen molar-refractivity contribution < 1.29 is 22.3 Å². The molecule has 4 rings (SSSR count). The summed E-state index contributed by atoms with van der Waals surface area (Å²) in [5.41, 5.74) is -0.232. The van der Waals surface area contributed by atoms with Gasteiger partial charge in [0.25, 0.3) is 0 Å². The van der Waals surface area contributed by atoms with Crippen LogP contribution in [0.15, 0.2) is 72.8 Å². The SMILES string of the molecule is CC1(C)CN(c2ccc(F)c(C(F)(F)F)c2)CN1Cc1ccccc1Oc1ccccc1. The van der Waals surface area contributed by atoms with Gasteiger partial charge >= 0.3 is 6.18 Å². The molecule has 168 valence electrons. The van der Waals surface area contributed by atoms with Gasteiger partial charge in [-0.25, -0.2) is 4.39 Å². The van der Waals surface area contributed by atoms with Crippen LogP contribution in [-0.4, -0.2) is 23.7 Å². The Balaban J connectivity index is 1.56. The van der Waals surface area contributed by atoms with Gasteiger partial charge in [0.2, 0.25) is 0 Å². The van der Waals surface area contributed by atoms with Crippen molar-refractivity contribution in [2.75, 3.05) is 18.1 Å². The Morgan fingerprint density at radius 2 is 1.62 bits per heavy atom. The molecule has 0 saturated carbocycles. The van der Waals surface area contributed by atoms with Gasteiger partial charge < -0.3 is 9.64 Å². The smallest absolute Gasteiger partial charge is 0.419 e. The number of alkyl halides is 3. The number of para-hydroxylation sites is 2. The highest BCUT2D eigenvalue weighted by Crippen LogP contribution is 2.37. The Kier molecular flexibility index (Phi) is 5.86. The van der Waals surface area contributed by atoms with E-state index in [1.165, 1.54) is 6.07 Å². The fourth-order valence-corrected chi connectivity index (χ4v) is 3.93. The molecule has 0 aromatic heterocycles. The summed E-state index contributed by atoms with van der Waals surface area (Å²) in [5.74, 6) is 0.200. The highest BCUT2D eigenvalue weighted by Gasteiger charge is 2.39. The molecule has 0 atom stereocenters. The Morgan fingerprint density at radius 3 is 2.34 bits per heavy atom. The summed E-state index contributed by atoms with van der Waals surface area (Å²) in [6, 6.07) is 20.4. The van der Waals surface area contributed by atoms with Crippen LogP contribution in [0.4, 0.5) is 23.2 Å². The molecule has 1 saturated heterocycles. The first kappa shape index (κ1) is 22.1. The summed E-state index contributed by atoms with van der Waals surface area (Å²) in [7, 11) is 0. The minimum absolute atomic E-state index is 0.313. The zero-order valence-electron chi connectivity index (χ0n) is 17.9. The average molecular weight is 444 g/mol. The van der Waals surface area contributed by atoms with Gasteiger partial charge in [-0.15, -0.1) is 0 Å². The fraction of sp³-hybridized carbons (Fsp3) is 0.280. The molecule has 0 unspecified atom stereocenters. The van der Waals surface area contributed by atoms with E-state index in [0.717, 1.165) is 29.2 Å². The first-order valence-electron chi connectivity index (χ1n) is 10.3. The van der Waals surface area contributed by atoms with Crippen molar-refractivity contribution in [1.82, 2.24) is 4.90 Å². The van der Waals surface area contributed by atoms with E-state index < -0.39 is 17.6 Å². The lowest BCUT2D eigenvalue weighted by Crippen LogP contribution is -2.39. The van der Waals surface area contributed by atoms with E-state index in [4.69, 9.17) is 4.74 Å². The first-order chi connectivity index (χ1) is 15.1. The van der Waals surface area contributed by atoms with Gasteiger partial charge in [0.15, 0.2) is 0 Å². The summed E-state index contributed by atoms with van der Waals surface area (Å²) < 4.78 is 59.3. The molecule has 0 amide bonds. The number of rotatable bonds is 5. The Morgan fingerprint density at radius 1 is 0.938 bits per heavy atom. The maximum absolute atomic E-state index is 13.7. The second kappa shape index (κ2) is 8.47. The molecule has 1 aliphatic rings. The van der Waals surface area contributed by atoms with Crippen LogP contribution in [-0.2, 0) is 12.7 Å². The number of hydrogen-bond donors (Lipinski definition) is 0. The second-order valence-electron chi connectivity index (χ2n) is 8.53. The van der Waals surface area contributed by atoms with E-state index in [-0.39, 0.29) is 5.54 Å². The zero-order chi connectivity index (χ0) is 22.9. The van der Waals surface area contributed by atoms with Gasteiger partial charge in [0.1, 0.15) is 17.3 Å². The van der Waals surface area contributed by atoms with Gasteiger partial charge in [-0.2, -0.15) is 13.2 Å². The third-order valence-corrected chi connectivity index (χ3v) is 5.70. The maximum atomic E-state index is 13.7. The molecule has 3 aromatic rings. The van der Waals surface area contributed by atoms with Crippen molar-refractivity contribution >= 4 is 5.69 Å². The van der Waals surface area contributed by atoms with Crippen molar-refractivity contribution in [3.05, 3.63) is 89.7 Å². The van der Waals surface area contributed by atoms with Crippen LogP contribution in [0.2, 0.25) is 0 Å². The van der Waals surface area contributed by atoms with Crippen molar-refractivity contribution in [3.8, 4) is 11.5 Å². The monoisotopic (exact) mass is 444 g/mol. The van der Waals surface area contributed by atoms with E-state index in [1.54, 1.807) is 0 Å². The number of anilines is 1. The van der Waals surface area contributed by atoms with E-state index in [9.17, 15) is 17.6 Å². The van der Waals surface area contributed by atoms with E-state index in [1.807, 2.05) is 73.3 Å². The molecule has 0 spiro atoms. The number of nitrogens with zero attached hydrogens (tertiary/aromatic N) is 2. The molecule has 0 bridgehead atoms. The Labute approximate surface area is 184 Å². The summed E-state index contributed by atoms with van der Waals surface area (Å²) in [6.07, 6.45) is -4.73. The van der Waals surface area contributed by atoms with Crippen LogP contribution in [0.3, 0.4) is 0 Å². The van der Waals surface area contributed by atoms with Crippen molar-refractivity contribution in [1.29, 1.82) is 0 Å². The summed E-state index contributed by atoms with van der Waals surface area (Å²) in [5, 5.41) is 0.